The van der Waals surface area contributed by atoms with Crippen molar-refractivity contribution in [2.45, 2.75) is 218 Å². The molecule has 2 aromatic carbocycles. The van der Waals surface area contributed by atoms with Crippen LogP contribution in [0.2, 0.25) is 10.0 Å². The fraction of sp³-hybridized carbons (Fsp3) is 0.548. The second kappa shape index (κ2) is 31.5. The molecule has 1 N–H and O–H groups in total. The number of benzene rings is 2. The van der Waals surface area contributed by atoms with E-state index in [1.54, 1.807) is 49.4 Å². The fourth-order valence-electron chi connectivity index (χ4n) is 10.9. The lowest BCUT2D eigenvalue weighted by Gasteiger charge is -2.47. The quantitative estimate of drug-likeness (QED) is 0.0523. The van der Waals surface area contributed by atoms with Crippen LogP contribution in [0, 0.1) is 0 Å². The van der Waals surface area contributed by atoms with Crippen molar-refractivity contribution < 1.29 is 45.4 Å². The molecule has 8 rings (SSSR count). The maximum absolute atomic E-state index is 13.7. The fourth-order valence-corrected chi connectivity index (χ4v) is 11.4. The number of hydrogen-bond donors (Lipinski definition) is 1. The lowest BCUT2D eigenvalue weighted by molar-refractivity contribution is -0.138. The van der Waals surface area contributed by atoms with E-state index in [0.717, 1.165) is 50.4 Å². The SMILES string of the molecule is CC(C)I.CC[C@@H]1CC(N(Cc2cc(Cl)cc(C(F)(F)F)c2)c2ncc(-c3cn[nH]c3)cn2)C[C@H](CC)N1C(=O)OC(C)C.CC[C@@H]1CC(N(Cc2cc(Cl)cc(C(F)(F)F)c2)c2ncc(-c3cnn(C(C)C)c3)cn2)C[C@H](CC)N1C(=O)OC(C)C. The highest BCUT2D eigenvalue weighted by molar-refractivity contribution is 14.1. The molecular formula is C62H81Cl2F6IN12O4. The summed E-state index contributed by atoms with van der Waals surface area (Å²) >= 11 is 14.6. The van der Waals surface area contributed by atoms with Crippen LogP contribution in [0.25, 0.3) is 22.3 Å². The molecule has 6 heterocycles. The number of nitrogens with one attached hydrogen (secondary N) is 1. The summed E-state index contributed by atoms with van der Waals surface area (Å²) in [5, 5.41) is 11.1. The first-order valence-electron chi connectivity index (χ1n) is 29.6. The van der Waals surface area contributed by atoms with Crippen LogP contribution in [0.5, 0.6) is 0 Å². The summed E-state index contributed by atoms with van der Waals surface area (Å²) in [5.74, 6) is 0.773. The molecular weight excluding hydrogens is 1290 g/mol. The van der Waals surface area contributed by atoms with Crippen molar-refractivity contribution in [2.75, 3.05) is 9.80 Å². The van der Waals surface area contributed by atoms with Crippen LogP contribution in [-0.2, 0) is 34.9 Å². The average Bonchev–Trinajstić information content (AvgIpc) is 2.05. The number of aromatic amines is 1. The molecule has 6 aromatic rings. The minimum atomic E-state index is -4.54. The van der Waals surface area contributed by atoms with Crippen molar-refractivity contribution in [1.29, 1.82) is 0 Å². The first-order chi connectivity index (χ1) is 41.0. The first-order valence-corrected chi connectivity index (χ1v) is 31.6. The molecule has 0 aliphatic carbocycles. The van der Waals surface area contributed by atoms with Crippen molar-refractivity contribution in [3.63, 3.8) is 0 Å². The number of amides is 2. The largest absolute Gasteiger partial charge is 0.447 e. The number of aromatic nitrogens is 8. The van der Waals surface area contributed by atoms with Gasteiger partial charge in [-0.25, -0.2) is 29.5 Å². The van der Waals surface area contributed by atoms with Crippen LogP contribution in [0.3, 0.4) is 0 Å². The molecule has 2 saturated heterocycles. The van der Waals surface area contributed by atoms with E-state index in [4.69, 9.17) is 32.7 Å². The van der Waals surface area contributed by atoms with Gasteiger partial charge in [0, 0.05) is 129 Å². The van der Waals surface area contributed by atoms with Crippen molar-refractivity contribution in [3.05, 3.63) is 118 Å². The molecule has 16 nitrogen and oxygen atoms in total. The number of likely N-dealkylation sites (tertiary alicyclic amines) is 2. The molecule has 4 aromatic heterocycles. The number of nitrogens with zero attached hydrogens (tertiary/aromatic N) is 11. The Labute approximate surface area is 530 Å². The van der Waals surface area contributed by atoms with Crippen LogP contribution < -0.4 is 9.80 Å². The Hall–Kier alpha value is -5.95. The molecule has 87 heavy (non-hydrogen) atoms. The number of H-pyrrole nitrogens is 1. The van der Waals surface area contributed by atoms with Gasteiger partial charge < -0.3 is 29.1 Å². The van der Waals surface area contributed by atoms with Gasteiger partial charge in [-0.3, -0.25) is 9.78 Å². The van der Waals surface area contributed by atoms with E-state index in [9.17, 15) is 35.9 Å². The third-order valence-corrected chi connectivity index (χ3v) is 15.4. The second-order valence-electron chi connectivity index (χ2n) is 23.0. The van der Waals surface area contributed by atoms with Crippen LogP contribution in [0.1, 0.15) is 163 Å². The number of halogens is 9. The summed E-state index contributed by atoms with van der Waals surface area (Å²) in [6, 6.07) is 6.59. The number of hydrogen-bond acceptors (Lipinski definition) is 12. The van der Waals surface area contributed by atoms with Gasteiger partial charge in [0.1, 0.15) is 0 Å². The first kappa shape index (κ1) is 70.1. The van der Waals surface area contributed by atoms with E-state index in [-0.39, 0.29) is 89.8 Å². The molecule has 2 aliphatic rings. The summed E-state index contributed by atoms with van der Waals surface area (Å²) in [4.78, 5) is 52.3. The normalized spacial score (nSPS) is 19.0. The van der Waals surface area contributed by atoms with E-state index in [0.29, 0.717) is 74.4 Å². The zero-order chi connectivity index (χ0) is 64.1. The summed E-state index contributed by atoms with van der Waals surface area (Å²) < 4.78 is 95.6. The highest BCUT2D eigenvalue weighted by atomic mass is 127. The Kier molecular flexibility index (Phi) is 25.4. The highest BCUT2D eigenvalue weighted by Crippen LogP contribution is 2.39. The lowest BCUT2D eigenvalue weighted by Crippen LogP contribution is -2.57. The average molecular weight is 1370 g/mol. The minimum absolute atomic E-state index is 0.00474. The molecule has 0 radical (unpaired) electrons. The van der Waals surface area contributed by atoms with Crippen LogP contribution in [0.4, 0.5) is 47.8 Å². The number of piperidine rings is 2. The van der Waals surface area contributed by atoms with E-state index >= 15 is 0 Å². The molecule has 2 unspecified atom stereocenters. The van der Waals surface area contributed by atoms with Gasteiger partial charge in [-0.15, -0.1) is 0 Å². The predicted molar refractivity (Wildman–Crippen MR) is 337 cm³/mol. The van der Waals surface area contributed by atoms with Gasteiger partial charge in [0.25, 0.3) is 0 Å². The molecule has 2 aliphatic heterocycles. The Morgan fingerprint density at radius 3 is 1.25 bits per heavy atom. The Morgan fingerprint density at radius 1 is 0.586 bits per heavy atom. The number of ether oxygens (including phenoxy) is 2. The van der Waals surface area contributed by atoms with Gasteiger partial charge >= 0.3 is 24.5 Å². The maximum Gasteiger partial charge on any atom is 0.416 e. The van der Waals surface area contributed by atoms with Crippen LogP contribution in [0.15, 0.2) is 86.0 Å². The Morgan fingerprint density at radius 2 is 0.954 bits per heavy atom. The van der Waals surface area contributed by atoms with Crippen molar-refractivity contribution in [3.8, 4) is 22.3 Å². The highest BCUT2D eigenvalue weighted by Gasteiger charge is 2.43. The summed E-state index contributed by atoms with van der Waals surface area (Å²) in [5.41, 5.74) is 2.39. The molecule has 25 heteroatoms. The predicted octanol–water partition coefficient (Wildman–Crippen LogP) is 17.1. The number of anilines is 2. The van der Waals surface area contributed by atoms with Crippen LogP contribution >= 0.6 is 45.8 Å². The summed E-state index contributed by atoms with van der Waals surface area (Å²) in [6.07, 6.45) is 8.70. The Bertz CT molecular complexity index is 3090. The third kappa shape index (κ3) is 19.5. The standard InChI is InChI=1S/C31H40ClF3N6O2.C28H34ClF3N6O2.C3H7I/c1-7-26-12-28(13-27(8-2)41(26)30(42)43-20(5)6)39(17-21-9-24(31(33,34)35)11-25(32)10-21)29-36-14-22(15-37-29)23-16-38-40(18-23)19(3)4;1-5-23-10-25(11-24(6-2)38(23)27(39)40-17(3)4)37(16-18-7-21(28(30,31)32)9-22(29)8-18)26-33-12-19(13-34-26)20-14-35-36-15-20;1-3(2)4/h9-11,14-16,18-20,26-28H,7-8,12-13,17H2,1-6H3;7-9,12-15,17,23-25H,5-6,10-11,16H2,1-4H3,(H,35,36);3H,1-2H3/t26-,27+,28?;23-,24+,25?;. The molecule has 2 amide bonds. The smallest absolute Gasteiger partial charge is 0.416 e. The molecule has 476 valence electrons. The van der Waals surface area contributed by atoms with Crippen molar-refractivity contribution in [2.24, 2.45) is 0 Å². The Balaban J connectivity index is 0.000000262. The molecule has 0 spiro atoms. The zero-order valence-corrected chi connectivity index (χ0v) is 55.1. The topological polar surface area (TPSA) is 164 Å². The van der Waals surface area contributed by atoms with Gasteiger partial charge in [0.2, 0.25) is 11.9 Å². The lowest BCUT2D eigenvalue weighted by atomic mass is 9.87. The van der Waals surface area contributed by atoms with E-state index < -0.39 is 23.5 Å². The molecule has 6 atom stereocenters. The van der Waals surface area contributed by atoms with Crippen molar-refractivity contribution >= 4 is 69.9 Å². The zero-order valence-electron chi connectivity index (χ0n) is 51.4. The number of carbonyl (C=O) groups excluding carboxylic acids is 2. The van der Waals surface area contributed by atoms with E-state index in [1.165, 1.54) is 6.07 Å². The monoisotopic (exact) mass is 1370 g/mol. The summed E-state index contributed by atoms with van der Waals surface area (Å²) in [6.45, 7) is 24.0. The third-order valence-electron chi connectivity index (χ3n) is 15.0. The van der Waals surface area contributed by atoms with Gasteiger partial charge in [0.15, 0.2) is 0 Å². The second-order valence-corrected chi connectivity index (χ2v) is 26.3. The van der Waals surface area contributed by atoms with Crippen LogP contribution in [-0.4, -0.2) is 114 Å². The number of alkyl halides is 7. The van der Waals surface area contributed by atoms with E-state index in [2.05, 4.69) is 71.7 Å². The number of carbonyl (C=O) groups is 2. The molecule has 2 fully saturated rings. The molecule has 0 bridgehead atoms. The summed E-state index contributed by atoms with van der Waals surface area (Å²) in [7, 11) is 0. The van der Waals surface area contributed by atoms with Gasteiger partial charge in [-0.05, 0) is 140 Å². The van der Waals surface area contributed by atoms with E-state index in [1.807, 2.05) is 99.7 Å². The minimum Gasteiger partial charge on any atom is -0.447 e. The van der Waals surface area contributed by atoms with Gasteiger partial charge in [0.05, 0.1) is 35.7 Å². The molecule has 0 saturated carbocycles. The maximum atomic E-state index is 13.7. The van der Waals surface area contributed by atoms with Gasteiger partial charge in [-0.2, -0.15) is 36.5 Å². The van der Waals surface area contributed by atoms with Gasteiger partial charge in [-0.1, -0.05) is 87.3 Å². The van der Waals surface area contributed by atoms with Crippen molar-refractivity contribution in [1.82, 2.24) is 49.7 Å². The number of rotatable bonds is 17.